The average molecular weight is 264 g/mol. The Morgan fingerprint density at radius 1 is 1.44 bits per heavy atom. The van der Waals surface area contributed by atoms with Crippen LogP contribution >= 0.6 is 11.6 Å². The molecule has 1 unspecified atom stereocenters. The number of H-pyrrole nitrogens is 1. The molecule has 1 aromatic heterocycles. The maximum Gasteiger partial charge on any atom is 0.255 e. The third-order valence-electron chi connectivity index (χ3n) is 2.79. The van der Waals surface area contributed by atoms with Crippen molar-refractivity contribution >= 4 is 17.5 Å². The van der Waals surface area contributed by atoms with E-state index in [1.807, 2.05) is 38.1 Å². The molecule has 1 heterocycles. The van der Waals surface area contributed by atoms with E-state index >= 15 is 0 Å². The SMILES string of the molecule is Cc1[nH]ncc1C(=O)NC(C)c1ccccc1Cl. The lowest BCUT2D eigenvalue weighted by Gasteiger charge is -2.15. The van der Waals surface area contributed by atoms with Gasteiger partial charge in [-0.05, 0) is 25.5 Å². The predicted molar refractivity (Wildman–Crippen MR) is 70.7 cm³/mol. The zero-order chi connectivity index (χ0) is 13.1. The first-order valence-electron chi connectivity index (χ1n) is 5.65. The van der Waals surface area contributed by atoms with Crippen LogP contribution in [0.2, 0.25) is 5.02 Å². The van der Waals surface area contributed by atoms with E-state index in [0.717, 1.165) is 11.3 Å². The van der Waals surface area contributed by atoms with Gasteiger partial charge in [0.1, 0.15) is 0 Å². The van der Waals surface area contributed by atoms with Gasteiger partial charge in [-0.25, -0.2) is 0 Å². The van der Waals surface area contributed by atoms with E-state index in [1.165, 1.54) is 6.20 Å². The molecule has 0 aliphatic carbocycles. The van der Waals surface area contributed by atoms with Gasteiger partial charge in [-0.1, -0.05) is 29.8 Å². The van der Waals surface area contributed by atoms with Crippen molar-refractivity contribution in [2.24, 2.45) is 0 Å². The summed E-state index contributed by atoms with van der Waals surface area (Å²) in [5.41, 5.74) is 2.20. The summed E-state index contributed by atoms with van der Waals surface area (Å²) in [4.78, 5) is 12.0. The zero-order valence-corrected chi connectivity index (χ0v) is 11.0. The number of aromatic amines is 1. The van der Waals surface area contributed by atoms with Crippen LogP contribution in [0, 0.1) is 6.92 Å². The van der Waals surface area contributed by atoms with Gasteiger partial charge < -0.3 is 5.32 Å². The summed E-state index contributed by atoms with van der Waals surface area (Å²) < 4.78 is 0. The minimum absolute atomic E-state index is 0.152. The third-order valence-corrected chi connectivity index (χ3v) is 3.14. The maximum atomic E-state index is 12.0. The fourth-order valence-electron chi connectivity index (χ4n) is 1.76. The van der Waals surface area contributed by atoms with Crippen molar-refractivity contribution in [1.29, 1.82) is 0 Å². The van der Waals surface area contributed by atoms with Crippen LogP contribution in [0.5, 0.6) is 0 Å². The molecule has 0 aliphatic rings. The van der Waals surface area contributed by atoms with Crippen LogP contribution in [0.15, 0.2) is 30.5 Å². The van der Waals surface area contributed by atoms with Gasteiger partial charge in [-0.15, -0.1) is 0 Å². The highest BCUT2D eigenvalue weighted by Crippen LogP contribution is 2.22. The Morgan fingerprint density at radius 3 is 2.78 bits per heavy atom. The van der Waals surface area contributed by atoms with Crippen molar-refractivity contribution < 1.29 is 4.79 Å². The summed E-state index contributed by atoms with van der Waals surface area (Å²) in [7, 11) is 0. The fraction of sp³-hybridized carbons (Fsp3) is 0.231. The quantitative estimate of drug-likeness (QED) is 0.895. The second-order valence-corrected chi connectivity index (χ2v) is 4.53. The van der Waals surface area contributed by atoms with Crippen LogP contribution < -0.4 is 5.32 Å². The van der Waals surface area contributed by atoms with E-state index < -0.39 is 0 Å². The number of amides is 1. The molecule has 4 nitrogen and oxygen atoms in total. The Bertz CT molecular complexity index is 565. The molecule has 2 rings (SSSR count). The van der Waals surface area contributed by atoms with Crippen molar-refractivity contribution in [3.05, 3.63) is 52.3 Å². The Labute approximate surface area is 110 Å². The number of aryl methyl sites for hydroxylation is 1. The number of carbonyl (C=O) groups is 1. The second-order valence-electron chi connectivity index (χ2n) is 4.13. The van der Waals surface area contributed by atoms with Gasteiger partial charge in [0.15, 0.2) is 0 Å². The van der Waals surface area contributed by atoms with E-state index in [9.17, 15) is 4.79 Å². The van der Waals surface area contributed by atoms with Crippen LogP contribution in [0.3, 0.4) is 0 Å². The summed E-state index contributed by atoms with van der Waals surface area (Å²) in [5.74, 6) is -0.159. The predicted octanol–water partition coefficient (Wildman–Crippen LogP) is 2.86. The van der Waals surface area contributed by atoms with Gasteiger partial charge in [0, 0.05) is 10.7 Å². The molecule has 0 saturated heterocycles. The van der Waals surface area contributed by atoms with Crippen molar-refractivity contribution in [2.75, 3.05) is 0 Å². The average Bonchev–Trinajstić information content (AvgIpc) is 2.76. The molecule has 0 aliphatic heterocycles. The number of halogens is 1. The van der Waals surface area contributed by atoms with E-state index in [4.69, 9.17) is 11.6 Å². The largest absolute Gasteiger partial charge is 0.345 e. The molecule has 2 N–H and O–H groups in total. The normalized spacial score (nSPS) is 12.2. The van der Waals surface area contributed by atoms with E-state index in [2.05, 4.69) is 15.5 Å². The zero-order valence-electron chi connectivity index (χ0n) is 10.2. The maximum absolute atomic E-state index is 12.0. The molecule has 0 fully saturated rings. The van der Waals surface area contributed by atoms with Crippen LogP contribution in [-0.4, -0.2) is 16.1 Å². The first-order valence-corrected chi connectivity index (χ1v) is 6.02. The minimum Gasteiger partial charge on any atom is -0.345 e. The van der Waals surface area contributed by atoms with Gasteiger partial charge in [0.05, 0.1) is 17.8 Å². The molecular weight excluding hydrogens is 250 g/mol. The number of carbonyl (C=O) groups excluding carboxylic acids is 1. The highest BCUT2D eigenvalue weighted by molar-refractivity contribution is 6.31. The van der Waals surface area contributed by atoms with Crippen LogP contribution in [0.4, 0.5) is 0 Å². The Kier molecular flexibility index (Phi) is 3.67. The highest BCUT2D eigenvalue weighted by Gasteiger charge is 2.15. The molecular formula is C13H14ClN3O. The van der Waals surface area contributed by atoms with Crippen molar-refractivity contribution in [2.45, 2.75) is 19.9 Å². The number of nitrogens with one attached hydrogen (secondary N) is 2. The molecule has 0 saturated carbocycles. The summed E-state index contributed by atoms with van der Waals surface area (Å²) in [6, 6.07) is 7.31. The van der Waals surface area contributed by atoms with Crippen molar-refractivity contribution in [3.63, 3.8) is 0 Å². The number of aromatic nitrogens is 2. The molecule has 1 atom stereocenters. The fourth-order valence-corrected chi connectivity index (χ4v) is 2.06. The monoisotopic (exact) mass is 263 g/mol. The van der Waals surface area contributed by atoms with Gasteiger partial charge in [0.2, 0.25) is 0 Å². The smallest absolute Gasteiger partial charge is 0.255 e. The molecule has 0 bridgehead atoms. The molecule has 1 aromatic carbocycles. The lowest BCUT2D eigenvalue weighted by atomic mass is 10.1. The molecule has 2 aromatic rings. The Morgan fingerprint density at radius 2 is 2.17 bits per heavy atom. The highest BCUT2D eigenvalue weighted by atomic mass is 35.5. The van der Waals surface area contributed by atoms with Gasteiger partial charge in [-0.3, -0.25) is 9.89 Å². The number of nitrogens with zero attached hydrogens (tertiary/aromatic N) is 1. The van der Waals surface area contributed by atoms with Crippen molar-refractivity contribution in [3.8, 4) is 0 Å². The van der Waals surface area contributed by atoms with E-state index in [0.29, 0.717) is 10.6 Å². The molecule has 0 radical (unpaired) electrons. The topological polar surface area (TPSA) is 57.8 Å². The van der Waals surface area contributed by atoms with E-state index in [-0.39, 0.29) is 11.9 Å². The van der Waals surface area contributed by atoms with E-state index in [1.54, 1.807) is 0 Å². The van der Waals surface area contributed by atoms with Gasteiger partial charge in [0.25, 0.3) is 5.91 Å². The first kappa shape index (κ1) is 12.6. The first-order chi connectivity index (χ1) is 8.59. The van der Waals surface area contributed by atoms with Crippen LogP contribution in [0.1, 0.15) is 34.6 Å². The van der Waals surface area contributed by atoms with Gasteiger partial charge in [-0.2, -0.15) is 5.10 Å². The minimum atomic E-state index is -0.159. The standard InChI is InChI=1S/C13H14ClN3O/c1-8(10-5-3-4-6-12(10)14)16-13(18)11-7-15-17-9(11)2/h3-8H,1-2H3,(H,15,17)(H,16,18). The Balaban J connectivity index is 2.13. The van der Waals surface area contributed by atoms with Gasteiger partial charge >= 0.3 is 0 Å². The number of benzene rings is 1. The Hall–Kier alpha value is -1.81. The lowest BCUT2D eigenvalue weighted by molar-refractivity contribution is 0.0939. The number of rotatable bonds is 3. The van der Waals surface area contributed by atoms with Crippen LogP contribution in [0.25, 0.3) is 0 Å². The summed E-state index contributed by atoms with van der Waals surface area (Å²) in [6.07, 6.45) is 1.52. The molecule has 94 valence electrons. The third kappa shape index (κ3) is 2.54. The second kappa shape index (κ2) is 5.23. The number of hydrogen-bond donors (Lipinski definition) is 2. The van der Waals surface area contributed by atoms with Crippen molar-refractivity contribution in [1.82, 2.24) is 15.5 Å². The molecule has 18 heavy (non-hydrogen) atoms. The summed E-state index contributed by atoms with van der Waals surface area (Å²) >= 11 is 6.09. The molecule has 5 heteroatoms. The molecule has 0 spiro atoms. The summed E-state index contributed by atoms with van der Waals surface area (Å²) in [5, 5.41) is 10.1. The lowest BCUT2D eigenvalue weighted by Crippen LogP contribution is -2.27. The van der Waals surface area contributed by atoms with Crippen LogP contribution in [-0.2, 0) is 0 Å². The number of hydrogen-bond acceptors (Lipinski definition) is 2. The summed E-state index contributed by atoms with van der Waals surface area (Å²) in [6.45, 7) is 3.70. The molecule has 1 amide bonds.